The first-order chi connectivity index (χ1) is 12.7. The lowest BCUT2D eigenvalue weighted by Gasteiger charge is -2.25. The van der Waals surface area contributed by atoms with Crippen LogP contribution in [0.25, 0.3) is 0 Å². The summed E-state index contributed by atoms with van der Waals surface area (Å²) in [5.41, 5.74) is 1.44. The molecule has 0 N–H and O–H groups in total. The fourth-order valence-corrected chi connectivity index (χ4v) is 3.51. The maximum Gasteiger partial charge on any atom is 0.166 e. The first kappa shape index (κ1) is 20.1. The minimum absolute atomic E-state index is 0.115. The molecule has 0 aliphatic carbocycles. The van der Waals surface area contributed by atoms with E-state index in [4.69, 9.17) is 0 Å². The van der Waals surface area contributed by atoms with Crippen LogP contribution in [0.3, 0.4) is 0 Å². The normalized spacial score (nSPS) is 13.2. The van der Waals surface area contributed by atoms with E-state index in [1.165, 1.54) is 0 Å². The molecule has 0 amide bonds. The van der Waals surface area contributed by atoms with Gasteiger partial charge in [0.25, 0.3) is 0 Å². The lowest BCUT2D eigenvalue weighted by molar-refractivity contribution is 0.0741. The van der Waals surface area contributed by atoms with Gasteiger partial charge in [0.15, 0.2) is 11.6 Å². The average Bonchev–Trinajstić information content (AvgIpc) is 2.71. The summed E-state index contributed by atoms with van der Waals surface area (Å²) in [7, 11) is 0. The van der Waals surface area contributed by atoms with Crippen LogP contribution in [0, 0.1) is 11.8 Å². The summed E-state index contributed by atoms with van der Waals surface area (Å²) in [6, 6.07) is 18.9. The summed E-state index contributed by atoms with van der Waals surface area (Å²) < 4.78 is 0. The Morgan fingerprint density at radius 3 is 1.31 bits per heavy atom. The Hall–Kier alpha value is -2.22. The van der Waals surface area contributed by atoms with Crippen molar-refractivity contribution in [1.82, 2.24) is 0 Å². The van der Waals surface area contributed by atoms with Crippen LogP contribution in [0.5, 0.6) is 0 Å². The van der Waals surface area contributed by atoms with Crippen LogP contribution in [0.4, 0.5) is 0 Å². The van der Waals surface area contributed by atoms with Gasteiger partial charge in [-0.1, -0.05) is 100 Å². The van der Waals surface area contributed by atoms with Gasteiger partial charge in [0.2, 0.25) is 0 Å². The van der Waals surface area contributed by atoms with E-state index in [9.17, 15) is 9.59 Å². The number of hydrogen-bond donors (Lipinski definition) is 0. The second-order valence-corrected chi connectivity index (χ2v) is 6.96. The number of rotatable bonds is 11. The summed E-state index contributed by atoms with van der Waals surface area (Å²) in [6.07, 6.45) is 5.54. The molecule has 0 saturated heterocycles. The molecule has 2 aromatic rings. The van der Waals surface area contributed by atoms with Crippen molar-refractivity contribution in [2.24, 2.45) is 11.8 Å². The van der Waals surface area contributed by atoms with Crippen LogP contribution in [-0.2, 0) is 0 Å². The summed E-state index contributed by atoms with van der Waals surface area (Å²) in [6.45, 7) is 4.26. The van der Waals surface area contributed by atoms with Gasteiger partial charge in [-0.15, -0.1) is 0 Å². The van der Waals surface area contributed by atoms with Crippen LogP contribution in [0.2, 0.25) is 0 Å². The summed E-state index contributed by atoms with van der Waals surface area (Å²) >= 11 is 0. The molecule has 0 aromatic heterocycles. The number of hydrogen-bond acceptors (Lipinski definition) is 2. The molecule has 2 heteroatoms. The summed E-state index contributed by atoms with van der Waals surface area (Å²) in [5.74, 6) is -0.248. The van der Waals surface area contributed by atoms with Gasteiger partial charge in [0.1, 0.15) is 0 Å². The highest BCUT2D eigenvalue weighted by atomic mass is 16.1. The summed E-state index contributed by atoms with van der Waals surface area (Å²) in [5, 5.41) is 0. The molecule has 2 atom stereocenters. The van der Waals surface area contributed by atoms with Gasteiger partial charge >= 0.3 is 0 Å². The van der Waals surface area contributed by atoms with Crippen molar-refractivity contribution in [3.05, 3.63) is 71.8 Å². The Morgan fingerprint density at radius 2 is 1.00 bits per heavy atom. The molecule has 0 unspecified atom stereocenters. The van der Waals surface area contributed by atoms with Crippen LogP contribution in [0.1, 0.15) is 73.1 Å². The highest BCUT2D eigenvalue weighted by Crippen LogP contribution is 2.30. The van der Waals surface area contributed by atoms with E-state index >= 15 is 0 Å². The first-order valence-electron chi connectivity index (χ1n) is 9.87. The zero-order chi connectivity index (χ0) is 18.8. The zero-order valence-electron chi connectivity index (χ0n) is 16.0. The molecule has 0 aliphatic heterocycles. The zero-order valence-corrected chi connectivity index (χ0v) is 16.0. The third kappa shape index (κ3) is 5.39. The number of carbonyl (C=O) groups is 2. The molecule has 0 fully saturated rings. The molecule has 26 heavy (non-hydrogen) atoms. The van der Waals surface area contributed by atoms with E-state index in [0.29, 0.717) is 0 Å². The Balaban J connectivity index is 2.34. The Labute approximate surface area is 157 Å². The predicted molar refractivity (Wildman–Crippen MR) is 108 cm³/mol. The van der Waals surface area contributed by atoms with Gasteiger partial charge in [0.05, 0.1) is 0 Å². The third-order valence-electron chi connectivity index (χ3n) is 5.01. The van der Waals surface area contributed by atoms with Crippen molar-refractivity contribution in [3.63, 3.8) is 0 Å². The number of benzene rings is 2. The molecule has 0 bridgehead atoms. The second-order valence-electron chi connectivity index (χ2n) is 6.96. The lowest BCUT2D eigenvalue weighted by Crippen LogP contribution is -2.30. The van der Waals surface area contributed by atoms with Gasteiger partial charge in [0, 0.05) is 23.0 Å². The maximum atomic E-state index is 13.2. The number of carbonyl (C=O) groups excluding carboxylic acids is 2. The fraction of sp³-hybridized carbons (Fsp3) is 0.417. The average molecular weight is 351 g/mol. The quantitative estimate of drug-likeness (QED) is 0.442. The monoisotopic (exact) mass is 350 g/mol. The Kier molecular flexibility index (Phi) is 8.27. The first-order valence-corrected chi connectivity index (χ1v) is 9.87. The Morgan fingerprint density at radius 1 is 0.654 bits per heavy atom. The van der Waals surface area contributed by atoms with Crippen LogP contribution in [-0.4, -0.2) is 11.6 Å². The van der Waals surface area contributed by atoms with Crippen molar-refractivity contribution in [1.29, 1.82) is 0 Å². The van der Waals surface area contributed by atoms with Gasteiger partial charge in [-0.3, -0.25) is 9.59 Å². The molecule has 138 valence electrons. The van der Waals surface area contributed by atoms with Crippen molar-refractivity contribution in [3.8, 4) is 0 Å². The largest absolute Gasteiger partial charge is 0.294 e. The molecule has 0 aliphatic rings. The molecule has 2 rings (SSSR count). The highest BCUT2D eigenvalue weighted by molar-refractivity contribution is 6.04. The van der Waals surface area contributed by atoms with Gasteiger partial charge in [-0.25, -0.2) is 0 Å². The van der Waals surface area contributed by atoms with Crippen LogP contribution in [0.15, 0.2) is 60.7 Å². The standard InChI is InChI=1S/C24H30O2/c1-3-5-17-21(23(25)19-13-9-7-10-14-19)22(18-6-4-2)24(26)20-15-11-8-12-16-20/h7-16,21-22H,3-6,17-18H2,1-2H3/t21-,22+. The molecule has 0 saturated carbocycles. The van der Waals surface area contributed by atoms with E-state index in [1.807, 2.05) is 60.7 Å². The van der Waals surface area contributed by atoms with Crippen molar-refractivity contribution in [2.75, 3.05) is 0 Å². The predicted octanol–water partition coefficient (Wildman–Crippen LogP) is 6.37. The van der Waals surface area contributed by atoms with Crippen molar-refractivity contribution in [2.45, 2.75) is 52.4 Å². The second kappa shape index (κ2) is 10.7. The molecule has 0 heterocycles. The topological polar surface area (TPSA) is 34.1 Å². The fourth-order valence-electron chi connectivity index (χ4n) is 3.51. The maximum absolute atomic E-state index is 13.2. The van der Waals surface area contributed by atoms with E-state index in [2.05, 4.69) is 13.8 Å². The SMILES string of the molecule is CCCC[C@H](C(=O)c1ccccc1)[C@@H](CCCC)C(=O)c1ccccc1. The minimum atomic E-state index is -0.239. The molecule has 2 aromatic carbocycles. The van der Waals surface area contributed by atoms with Gasteiger partial charge < -0.3 is 0 Å². The van der Waals surface area contributed by atoms with Crippen molar-refractivity contribution < 1.29 is 9.59 Å². The van der Waals surface area contributed by atoms with E-state index in [0.717, 1.165) is 49.7 Å². The van der Waals surface area contributed by atoms with Crippen LogP contribution < -0.4 is 0 Å². The lowest BCUT2D eigenvalue weighted by atomic mass is 9.76. The summed E-state index contributed by atoms with van der Waals surface area (Å²) in [4.78, 5) is 26.5. The Bertz CT molecular complexity index is 614. The molecular formula is C24H30O2. The highest BCUT2D eigenvalue weighted by Gasteiger charge is 2.33. The van der Waals surface area contributed by atoms with E-state index in [-0.39, 0.29) is 23.4 Å². The minimum Gasteiger partial charge on any atom is -0.294 e. The smallest absolute Gasteiger partial charge is 0.166 e. The number of unbranched alkanes of at least 4 members (excludes halogenated alkanes) is 2. The van der Waals surface area contributed by atoms with Crippen LogP contribution >= 0.6 is 0 Å². The third-order valence-corrected chi connectivity index (χ3v) is 5.01. The number of ketones is 2. The van der Waals surface area contributed by atoms with E-state index in [1.54, 1.807) is 0 Å². The van der Waals surface area contributed by atoms with Gasteiger partial charge in [-0.05, 0) is 12.8 Å². The van der Waals surface area contributed by atoms with Crippen molar-refractivity contribution >= 4 is 11.6 Å². The molecule has 0 spiro atoms. The molecule has 2 nitrogen and oxygen atoms in total. The number of Topliss-reactive ketones (excluding diaryl/α,β-unsaturated/α-hetero) is 2. The molecule has 0 radical (unpaired) electrons. The van der Waals surface area contributed by atoms with E-state index < -0.39 is 0 Å². The molecular weight excluding hydrogens is 320 g/mol. The van der Waals surface area contributed by atoms with Gasteiger partial charge in [-0.2, -0.15) is 0 Å².